The molecule has 0 saturated carbocycles. The van der Waals surface area contributed by atoms with Crippen molar-refractivity contribution in [2.24, 2.45) is 11.8 Å². The molecule has 3 heterocycles. The number of phenols is 2. The number of aliphatic hydroxyl groups excluding tert-OH is 5. The van der Waals surface area contributed by atoms with Gasteiger partial charge in [0.1, 0.15) is 46.7 Å². The number of carbonyl (C=O) groups excluding carboxylic acids is 3. The quantitative estimate of drug-likeness (QED) is 0.0503. The van der Waals surface area contributed by atoms with E-state index in [2.05, 4.69) is 0 Å². The minimum absolute atomic E-state index is 0.0254. The van der Waals surface area contributed by atoms with Gasteiger partial charge in [0.25, 0.3) is 0 Å². The third-order valence-corrected chi connectivity index (χ3v) is 14.5. The standard InChI is InChI=1S/C52H74ClIO18/c1-13-30-22-26(6)33(56)18-16-15-17-31(23-66-51-45(65-12)42(61)44(29(9)67-51)69-49(64)35-32(14-2)37(54)39(58)36(53)38(35)57)48(63)68-34(28(8)55)20-19-25(5)21-27(7)43(30)70-50-41(60)40(59)46(52(10,11)72-50)71-47(62)24(3)4/h15-17,19,21-22,24,28-30,33-34,40-46,50-51,55-61H,13-14,18,20,23H2,1-12H3/b16-15+,25-19+,26-22+,27-21+,31-17+/t28-,29?,30+,33+,34+,40?,41?,42?,43-,44?,45?,46?,50?,51?/m1/s1. The molecule has 14 atom stereocenters. The lowest BCUT2D eigenvalue weighted by Crippen LogP contribution is -2.64. The molecule has 1 aromatic rings. The van der Waals surface area contributed by atoms with E-state index < -0.39 is 127 Å². The second kappa shape index (κ2) is 26.9. The summed E-state index contributed by atoms with van der Waals surface area (Å²) in [5.74, 6) is -4.38. The molecule has 3 aliphatic rings. The van der Waals surface area contributed by atoms with E-state index in [1.54, 1.807) is 76.3 Å². The van der Waals surface area contributed by atoms with E-state index in [9.17, 15) is 50.1 Å². The third kappa shape index (κ3) is 14.9. The zero-order valence-corrected chi connectivity index (χ0v) is 46.0. The van der Waals surface area contributed by atoms with Gasteiger partial charge in [-0.1, -0.05) is 75.2 Å². The van der Waals surface area contributed by atoms with Crippen LogP contribution in [0.3, 0.4) is 0 Å². The van der Waals surface area contributed by atoms with Crippen LogP contribution in [0.4, 0.5) is 0 Å². The van der Waals surface area contributed by atoms with Crippen LogP contribution in [0, 0.1) is 15.4 Å². The first kappa shape index (κ1) is 61.1. The molecule has 0 aliphatic carbocycles. The predicted molar refractivity (Wildman–Crippen MR) is 273 cm³/mol. The minimum atomic E-state index is -1.60. The van der Waals surface area contributed by atoms with Gasteiger partial charge in [-0.05, 0) is 113 Å². The zero-order chi connectivity index (χ0) is 54.1. The average molecular weight is 1150 g/mol. The Bertz CT molecular complexity index is 2220. The second-order valence-electron chi connectivity index (χ2n) is 19.4. The molecule has 4 rings (SSSR count). The Balaban J connectivity index is 1.61. The molecule has 9 unspecified atom stereocenters. The van der Waals surface area contributed by atoms with E-state index in [-0.39, 0.29) is 51.2 Å². The Morgan fingerprint density at radius 2 is 1.61 bits per heavy atom. The van der Waals surface area contributed by atoms with Gasteiger partial charge in [-0.2, -0.15) is 0 Å². The van der Waals surface area contributed by atoms with Crippen LogP contribution in [0.2, 0.25) is 5.02 Å². The third-order valence-electron chi connectivity index (χ3n) is 13.0. The highest BCUT2D eigenvalue weighted by molar-refractivity contribution is 14.1. The summed E-state index contributed by atoms with van der Waals surface area (Å²) in [5, 5.41) is 77.1. The number of benzene rings is 1. The van der Waals surface area contributed by atoms with Crippen molar-refractivity contribution in [1.29, 1.82) is 0 Å². The first-order valence-electron chi connectivity index (χ1n) is 24.2. The number of phenolic OH excluding ortho intramolecular Hbond substituents is 2. The van der Waals surface area contributed by atoms with E-state index in [4.69, 9.17) is 49.5 Å². The Morgan fingerprint density at radius 3 is 2.21 bits per heavy atom. The van der Waals surface area contributed by atoms with Crippen molar-refractivity contribution < 1.29 is 88.0 Å². The fourth-order valence-electron chi connectivity index (χ4n) is 8.60. The van der Waals surface area contributed by atoms with Gasteiger partial charge in [0, 0.05) is 19.4 Å². The van der Waals surface area contributed by atoms with Gasteiger partial charge >= 0.3 is 17.9 Å². The molecule has 0 radical (unpaired) electrons. The van der Waals surface area contributed by atoms with Gasteiger partial charge in [0.05, 0.1) is 46.1 Å². The average Bonchev–Trinajstić information content (AvgIpc) is 3.32. The van der Waals surface area contributed by atoms with E-state index in [1.165, 1.54) is 33.1 Å². The van der Waals surface area contributed by atoms with E-state index >= 15 is 0 Å². The molecule has 1 aromatic carbocycles. The molecule has 72 heavy (non-hydrogen) atoms. The van der Waals surface area contributed by atoms with Crippen molar-refractivity contribution in [3.05, 3.63) is 78.5 Å². The lowest BCUT2D eigenvalue weighted by molar-refractivity contribution is -0.333. The molecular formula is C52H74ClIO18. The summed E-state index contributed by atoms with van der Waals surface area (Å²) >= 11 is 7.92. The van der Waals surface area contributed by atoms with Gasteiger partial charge in [0.15, 0.2) is 36.3 Å². The number of cyclic esters (lactones) is 1. The Morgan fingerprint density at radius 1 is 0.944 bits per heavy atom. The largest absolute Gasteiger partial charge is 0.505 e. The van der Waals surface area contributed by atoms with Gasteiger partial charge < -0.3 is 73.6 Å². The number of carbonyl (C=O) groups is 3. The van der Waals surface area contributed by atoms with Crippen LogP contribution < -0.4 is 0 Å². The van der Waals surface area contributed by atoms with Crippen molar-refractivity contribution in [2.75, 3.05) is 13.7 Å². The molecule has 3 aliphatic heterocycles. The summed E-state index contributed by atoms with van der Waals surface area (Å²) in [6.45, 7) is 18.2. The smallest absolute Gasteiger partial charge is 0.342 e. The summed E-state index contributed by atoms with van der Waals surface area (Å²) in [6.07, 6.45) is -5.08. The first-order valence-corrected chi connectivity index (χ1v) is 25.6. The zero-order valence-electron chi connectivity index (χ0n) is 43.0. The number of rotatable bonds is 13. The number of aliphatic hydroxyl groups is 5. The maximum atomic E-state index is 14.0. The highest BCUT2D eigenvalue weighted by Crippen LogP contribution is 2.43. The van der Waals surface area contributed by atoms with Crippen LogP contribution in [0.5, 0.6) is 11.5 Å². The molecule has 7 N–H and O–H groups in total. The van der Waals surface area contributed by atoms with E-state index in [1.807, 2.05) is 32.9 Å². The van der Waals surface area contributed by atoms with Crippen LogP contribution >= 0.6 is 34.2 Å². The number of hydrogen-bond acceptors (Lipinski definition) is 18. The van der Waals surface area contributed by atoms with Crippen LogP contribution in [0.15, 0.2) is 58.7 Å². The van der Waals surface area contributed by atoms with Crippen LogP contribution in [-0.4, -0.2) is 153 Å². The molecule has 0 amide bonds. The Kier molecular flexibility index (Phi) is 22.8. The second-order valence-corrected chi connectivity index (χ2v) is 20.8. The molecule has 20 heteroatoms. The first-order chi connectivity index (χ1) is 33.7. The minimum Gasteiger partial charge on any atom is -0.505 e. The summed E-state index contributed by atoms with van der Waals surface area (Å²) in [5.41, 5.74) is 0.694. The molecule has 404 valence electrons. The molecule has 2 fully saturated rings. The summed E-state index contributed by atoms with van der Waals surface area (Å²) < 4.78 is 47.9. The van der Waals surface area contributed by atoms with Crippen LogP contribution in [0.1, 0.15) is 111 Å². The molecule has 18 nitrogen and oxygen atoms in total. The van der Waals surface area contributed by atoms with Gasteiger partial charge in [0.2, 0.25) is 0 Å². The normalized spacial score (nSPS) is 34.8. The fourth-order valence-corrected chi connectivity index (χ4v) is 9.87. The van der Waals surface area contributed by atoms with Crippen molar-refractivity contribution in [2.45, 2.75) is 187 Å². The molecule has 0 spiro atoms. The molecule has 2 saturated heterocycles. The molecular weight excluding hydrogens is 1070 g/mol. The monoisotopic (exact) mass is 1150 g/mol. The van der Waals surface area contributed by atoms with Crippen molar-refractivity contribution >= 4 is 52.1 Å². The summed E-state index contributed by atoms with van der Waals surface area (Å²) in [7, 11) is 1.28. The number of allylic oxidation sites excluding steroid dienone is 4. The number of hydrogen-bond donors (Lipinski definition) is 7. The van der Waals surface area contributed by atoms with Crippen LogP contribution in [-0.2, 0) is 53.9 Å². The van der Waals surface area contributed by atoms with Crippen LogP contribution in [0.25, 0.3) is 0 Å². The number of halogens is 2. The topological polar surface area (TPSA) is 267 Å². The Labute approximate surface area is 440 Å². The number of aromatic hydroxyl groups is 2. The van der Waals surface area contributed by atoms with Gasteiger partial charge in [-0.25, -0.2) is 9.59 Å². The lowest BCUT2D eigenvalue weighted by Gasteiger charge is -2.47. The van der Waals surface area contributed by atoms with Crippen molar-refractivity contribution in [3.63, 3.8) is 0 Å². The Hall–Kier alpha value is -3.45. The van der Waals surface area contributed by atoms with Gasteiger partial charge in [-0.3, -0.25) is 4.79 Å². The lowest BCUT2D eigenvalue weighted by atomic mass is 9.88. The summed E-state index contributed by atoms with van der Waals surface area (Å²) in [6, 6.07) is 0. The maximum Gasteiger partial charge on any atom is 0.342 e. The summed E-state index contributed by atoms with van der Waals surface area (Å²) in [4.78, 5) is 40.1. The maximum absolute atomic E-state index is 14.0. The molecule has 0 aromatic heterocycles. The highest BCUT2D eigenvalue weighted by atomic mass is 127. The molecule has 0 bridgehead atoms. The number of methoxy groups -OCH3 is 1. The van der Waals surface area contributed by atoms with E-state index in [0.29, 0.717) is 23.1 Å². The van der Waals surface area contributed by atoms with E-state index in [0.717, 1.165) is 0 Å². The van der Waals surface area contributed by atoms with Gasteiger partial charge in [-0.15, -0.1) is 0 Å². The SMILES string of the molecule is CCc1c(I)c(O)c(Cl)c(O)c1C(=O)OC1C(C)OC(OC/C2=C\C=C\C[C@H](O)/C(C)=C/[C@H](CC)[C@H](OC3OC(C)(C)C(OC(=O)C(C)C)C(O)C3O)/C(C)=C/C(C)=C/C[C@@H]([C@@H](C)O)OC2=O)C(OC)C1O. The highest BCUT2D eigenvalue weighted by Gasteiger charge is 2.53. The van der Waals surface area contributed by atoms with Crippen molar-refractivity contribution in [3.8, 4) is 11.5 Å². The van der Waals surface area contributed by atoms with Crippen molar-refractivity contribution in [1.82, 2.24) is 0 Å². The number of esters is 3. The number of ether oxygens (including phenoxy) is 8. The fraction of sp³-hybridized carbons (Fsp3) is 0.635. The predicted octanol–water partition coefficient (Wildman–Crippen LogP) is 6.19.